The predicted octanol–water partition coefficient (Wildman–Crippen LogP) is 3.27. The Bertz CT molecular complexity index is 508. The number of halogens is 1. The van der Waals surface area contributed by atoms with Crippen LogP contribution in [0.4, 0.5) is 0 Å². The molecule has 1 aromatic heterocycles. The molecule has 0 saturated heterocycles. The van der Waals surface area contributed by atoms with Crippen molar-refractivity contribution in [2.24, 2.45) is 0 Å². The van der Waals surface area contributed by atoms with E-state index in [2.05, 4.69) is 48.4 Å². The number of aromatic nitrogens is 3. The van der Waals surface area contributed by atoms with Gasteiger partial charge in [0.2, 0.25) is 0 Å². The van der Waals surface area contributed by atoms with Gasteiger partial charge in [-0.2, -0.15) is 15.0 Å². The van der Waals surface area contributed by atoms with E-state index in [1.807, 2.05) is 18.2 Å². The lowest BCUT2D eigenvalue weighted by Gasteiger charge is -2.06. The van der Waals surface area contributed by atoms with Gasteiger partial charge in [-0.3, -0.25) is 0 Å². The van der Waals surface area contributed by atoms with Crippen LogP contribution >= 0.6 is 12.4 Å². The molecule has 0 unspecified atom stereocenters. The first-order chi connectivity index (χ1) is 9.20. The van der Waals surface area contributed by atoms with Gasteiger partial charge in [0.25, 0.3) is 0 Å². The topological polar surface area (TPSA) is 42.7 Å². The Labute approximate surface area is 127 Å². The van der Waals surface area contributed by atoms with Crippen molar-refractivity contribution < 1.29 is 0 Å². The minimum Gasteiger partial charge on any atom is -0.309 e. The second-order valence-corrected chi connectivity index (χ2v) is 4.99. The summed E-state index contributed by atoms with van der Waals surface area (Å²) in [6.45, 7) is 8.03. The SMILES string of the molecule is CCCn1nc(CNC(C)C)c(-c2ccccc2)n1.Cl. The van der Waals surface area contributed by atoms with Crippen LogP contribution < -0.4 is 5.32 Å². The van der Waals surface area contributed by atoms with Gasteiger partial charge in [0.05, 0.1) is 6.54 Å². The molecule has 1 N–H and O–H groups in total. The van der Waals surface area contributed by atoms with Crippen molar-refractivity contribution in [1.82, 2.24) is 20.3 Å². The Hall–Kier alpha value is -1.39. The Morgan fingerprint density at radius 2 is 1.85 bits per heavy atom. The van der Waals surface area contributed by atoms with Crippen LogP contribution in [-0.4, -0.2) is 21.0 Å². The number of benzene rings is 1. The highest BCUT2D eigenvalue weighted by atomic mass is 35.5. The zero-order valence-electron chi connectivity index (χ0n) is 12.3. The summed E-state index contributed by atoms with van der Waals surface area (Å²) in [6.07, 6.45) is 1.04. The fraction of sp³-hybridized carbons (Fsp3) is 0.467. The maximum Gasteiger partial charge on any atom is 0.117 e. The highest BCUT2D eigenvalue weighted by molar-refractivity contribution is 5.85. The molecule has 0 saturated carbocycles. The third-order valence-electron chi connectivity index (χ3n) is 2.87. The smallest absolute Gasteiger partial charge is 0.117 e. The number of hydrogen-bond acceptors (Lipinski definition) is 3. The van der Waals surface area contributed by atoms with E-state index in [0.29, 0.717) is 6.04 Å². The minimum atomic E-state index is 0. The maximum absolute atomic E-state index is 4.61. The van der Waals surface area contributed by atoms with Crippen molar-refractivity contribution >= 4 is 12.4 Å². The van der Waals surface area contributed by atoms with Crippen LogP contribution in [0.2, 0.25) is 0 Å². The molecular formula is C15H23ClN4. The molecule has 4 nitrogen and oxygen atoms in total. The molecular weight excluding hydrogens is 272 g/mol. The monoisotopic (exact) mass is 294 g/mol. The lowest BCUT2D eigenvalue weighted by molar-refractivity contribution is 0.515. The lowest BCUT2D eigenvalue weighted by atomic mass is 10.1. The number of rotatable bonds is 6. The molecule has 2 rings (SSSR count). The average Bonchev–Trinajstić information content (AvgIpc) is 2.81. The second-order valence-electron chi connectivity index (χ2n) is 4.99. The summed E-state index contributed by atoms with van der Waals surface area (Å²) in [5.74, 6) is 0. The fourth-order valence-corrected chi connectivity index (χ4v) is 1.92. The Morgan fingerprint density at radius 1 is 1.15 bits per heavy atom. The minimum absolute atomic E-state index is 0. The molecule has 0 aliphatic carbocycles. The molecule has 0 spiro atoms. The molecule has 20 heavy (non-hydrogen) atoms. The highest BCUT2D eigenvalue weighted by Gasteiger charge is 2.12. The fourth-order valence-electron chi connectivity index (χ4n) is 1.92. The summed E-state index contributed by atoms with van der Waals surface area (Å²) < 4.78 is 0. The molecule has 5 heteroatoms. The van der Waals surface area contributed by atoms with Gasteiger partial charge in [-0.05, 0) is 6.42 Å². The standard InChI is InChI=1S/C15H22N4.ClH/c1-4-10-19-17-14(11-16-12(2)3)15(18-19)13-8-6-5-7-9-13;/h5-9,12,16H,4,10-11H2,1-3H3;1H. The van der Waals surface area contributed by atoms with E-state index in [4.69, 9.17) is 0 Å². The van der Waals surface area contributed by atoms with Gasteiger partial charge >= 0.3 is 0 Å². The summed E-state index contributed by atoms with van der Waals surface area (Å²) in [5.41, 5.74) is 3.14. The van der Waals surface area contributed by atoms with Crippen LogP contribution in [0.25, 0.3) is 11.3 Å². The Morgan fingerprint density at radius 3 is 2.45 bits per heavy atom. The summed E-state index contributed by atoms with van der Waals surface area (Å²) in [4.78, 5) is 1.81. The van der Waals surface area contributed by atoms with Crippen molar-refractivity contribution in [3.63, 3.8) is 0 Å². The first-order valence-corrected chi connectivity index (χ1v) is 6.93. The molecule has 0 bridgehead atoms. The van der Waals surface area contributed by atoms with Gasteiger partial charge < -0.3 is 5.32 Å². The first-order valence-electron chi connectivity index (χ1n) is 6.93. The number of aryl methyl sites for hydroxylation is 1. The van der Waals surface area contributed by atoms with Gasteiger partial charge in [0, 0.05) is 18.2 Å². The van der Waals surface area contributed by atoms with Gasteiger partial charge in [-0.15, -0.1) is 12.4 Å². The van der Waals surface area contributed by atoms with E-state index in [-0.39, 0.29) is 12.4 Å². The molecule has 0 aliphatic rings. The van der Waals surface area contributed by atoms with Crippen molar-refractivity contribution in [1.29, 1.82) is 0 Å². The summed E-state index contributed by atoms with van der Waals surface area (Å²) in [7, 11) is 0. The second kappa shape index (κ2) is 8.02. The van der Waals surface area contributed by atoms with Gasteiger partial charge in [0.1, 0.15) is 11.4 Å². The van der Waals surface area contributed by atoms with Crippen molar-refractivity contribution in [3.8, 4) is 11.3 Å². The third-order valence-corrected chi connectivity index (χ3v) is 2.87. The average molecular weight is 295 g/mol. The van der Waals surface area contributed by atoms with Crippen molar-refractivity contribution in [2.75, 3.05) is 0 Å². The highest BCUT2D eigenvalue weighted by Crippen LogP contribution is 2.20. The van der Waals surface area contributed by atoms with E-state index in [1.165, 1.54) is 0 Å². The quantitative estimate of drug-likeness (QED) is 0.889. The van der Waals surface area contributed by atoms with E-state index in [1.54, 1.807) is 4.80 Å². The lowest BCUT2D eigenvalue weighted by Crippen LogP contribution is -2.22. The van der Waals surface area contributed by atoms with E-state index in [9.17, 15) is 0 Å². The van der Waals surface area contributed by atoms with Crippen LogP contribution in [0.15, 0.2) is 30.3 Å². The van der Waals surface area contributed by atoms with Crippen molar-refractivity contribution in [2.45, 2.75) is 46.3 Å². The molecule has 0 amide bonds. The zero-order valence-corrected chi connectivity index (χ0v) is 13.2. The van der Waals surface area contributed by atoms with Gasteiger partial charge in [-0.1, -0.05) is 51.1 Å². The first kappa shape index (κ1) is 16.7. The maximum atomic E-state index is 4.61. The van der Waals surface area contributed by atoms with Gasteiger partial charge in [0.15, 0.2) is 0 Å². The van der Waals surface area contributed by atoms with Crippen LogP contribution in [0.1, 0.15) is 32.9 Å². The van der Waals surface area contributed by atoms with E-state index < -0.39 is 0 Å². The Balaban J connectivity index is 0.00000200. The molecule has 1 aromatic carbocycles. The van der Waals surface area contributed by atoms with Gasteiger partial charge in [-0.25, -0.2) is 0 Å². The number of nitrogens with zero attached hydrogens (tertiary/aromatic N) is 3. The van der Waals surface area contributed by atoms with Crippen LogP contribution in [0, 0.1) is 0 Å². The molecule has 110 valence electrons. The predicted molar refractivity (Wildman–Crippen MR) is 85.0 cm³/mol. The number of hydrogen-bond donors (Lipinski definition) is 1. The van der Waals surface area contributed by atoms with E-state index in [0.717, 1.165) is 36.5 Å². The third kappa shape index (κ3) is 4.32. The molecule has 0 fully saturated rings. The molecule has 1 heterocycles. The Kier molecular flexibility index (Phi) is 6.68. The molecule has 0 atom stereocenters. The van der Waals surface area contributed by atoms with E-state index >= 15 is 0 Å². The normalized spacial score (nSPS) is 10.6. The summed E-state index contributed by atoms with van der Waals surface area (Å²) in [5, 5.41) is 12.6. The number of nitrogens with one attached hydrogen (secondary N) is 1. The summed E-state index contributed by atoms with van der Waals surface area (Å²) >= 11 is 0. The molecule has 2 aromatic rings. The van der Waals surface area contributed by atoms with Crippen molar-refractivity contribution in [3.05, 3.63) is 36.0 Å². The largest absolute Gasteiger partial charge is 0.309 e. The van der Waals surface area contributed by atoms with Crippen LogP contribution in [0.5, 0.6) is 0 Å². The summed E-state index contributed by atoms with van der Waals surface area (Å²) in [6, 6.07) is 10.7. The molecule has 0 aliphatic heterocycles. The van der Waals surface area contributed by atoms with Crippen LogP contribution in [-0.2, 0) is 13.1 Å². The molecule has 0 radical (unpaired) electrons. The van der Waals surface area contributed by atoms with Crippen LogP contribution in [0.3, 0.4) is 0 Å². The zero-order chi connectivity index (χ0) is 13.7.